The van der Waals surface area contributed by atoms with Crippen LogP contribution < -0.4 is 5.32 Å². The Labute approximate surface area is 171 Å². The number of rotatable bonds is 6. The van der Waals surface area contributed by atoms with Gasteiger partial charge in [0.2, 0.25) is 5.91 Å². The van der Waals surface area contributed by atoms with E-state index in [1.54, 1.807) is 25.1 Å². The molecule has 1 aromatic heterocycles. The Kier molecular flexibility index (Phi) is 6.12. The van der Waals surface area contributed by atoms with E-state index in [2.05, 4.69) is 16.4 Å². The van der Waals surface area contributed by atoms with Crippen molar-refractivity contribution in [1.29, 1.82) is 5.26 Å². The maximum Gasteiger partial charge on any atom is 0.269 e. The fourth-order valence-electron chi connectivity index (χ4n) is 2.53. The molecule has 8 heteroatoms. The summed E-state index contributed by atoms with van der Waals surface area (Å²) in [6.45, 7) is 1.76. The van der Waals surface area contributed by atoms with E-state index in [4.69, 9.17) is 0 Å². The second-order valence-corrected chi connectivity index (χ2v) is 6.98. The topological polar surface area (TPSA) is 109 Å². The summed E-state index contributed by atoms with van der Waals surface area (Å²) in [7, 11) is 0. The molecule has 29 heavy (non-hydrogen) atoms. The Hall–Kier alpha value is -3.83. The standard InChI is InChI=1S/C21H16N4O3S/c1-2-18(26)23-21-19(15-6-4-3-5-7-15)24-20(29-21)16(13-22)12-14-8-10-17(11-9-14)25(27)28/h3-12H,2H2,1H3,(H,23,26)/b16-12+. The van der Waals surface area contributed by atoms with Gasteiger partial charge < -0.3 is 5.32 Å². The van der Waals surface area contributed by atoms with Gasteiger partial charge in [-0.05, 0) is 23.8 Å². The van der Waals surface area contributed by atoms with Crippen LogP contribution in [0.4, 0.5) is 10.7 Å². The molecule has 0 unspecified atom stereocenters. The van der Waals surface area contributed by atoms with E-state index in [9.17, 15) is 20.2 Å². The number of allylic oxidation sites excluding steroid dienone is 1. The van der Waals surface area contributed by atoms with Crippen LogP contribution in [0.2, 0.25) is 0 Å². The number of thiazole rings is 1. The van der Waals surface area contributed by atoms with E-state index < -0.39 is 4.92 Å². The molecule has 3 aromatic rings. The lowest BCUT2D eigenvalue weighted by atomic mass is 10.1. The predicted molar refractivity (Wildman–Crippen MR) is 113 cm³/mol. The van der Waals surface area contributed by atoms with Crippen LogP contribution in [0.1, 0.15) is 23.9 Å². The maximum absolute atomic E-state index is 11.9. The molecule has 0 fully saturated rings. The van der Waals surface area contributed by atoms with E-state index in [0.29, 0.717) is 33.3 Å². The highest BCUT2D eigenvalue weighted by Crippen LogP contribution is 2.36. The molecule has 2 aromatic carbocycles. The first-order valence-electron chi connectivity index (χ1n) is 8.74. The van der Waals surface area contributed by atoms with Crippen LogP contribution in [-0.2, 0) is 4.79 Å². The third kappa shape index (κ3) is 4.72. The molecule has 3 rings (SSSR count). The zero-order chi connectivity index (χ0) is 20.8. The molecule has 0 bridgehead atoms. The summed E-state index contributed by atoms with van der Waals surface area (Å²) >= 11 is 1.22. The minimum atomic E-state index is -0.478. The minimum Gasteiger partial charge on any atom is -0.316 e. The monoisotopic (exact) mass is 404 g/mol. The molecule has 1 amide bonds. The fourth-order valence-corrected chi connectivity index (χ4v) is 3.50. The first kappa shape index (κ1) is 19.9. The average Bonchev–Trinajstić information content (AvgIpc) is 3.16. The predicted octanol–water partition coefficient (Wildman–Crippen LogP) is 5.13. The number of nitrogens with zero attached hydrogens (tertiary/aromatic N) is 3. The van der Waals surface area contributed by atoms with Crippen LogP contribution in [0.3, 0.4) is 0 Å². The SMILES string of the molecule is CCC(=O)Nc1sc(/C(C#N)=C/c2ccc([N+](=O)[O-])cc2)nc1-c1ccccc1. The van der Waals surface area contributed by atoms with Crippen molar-refractivity contribution in [3.63, 3.8) is 0 Å². The summed E-state index contributed by atoms with van der Waals surface area (Å²) in [4.78, 5) is 26.8. The van der Waals surface area contributed by atoms with Crippen molar-refractivity contribution in [1.82, 2.24) is 4.98 Å². The lowest BCUT2D eigenvalue weighted by Crippen LogP contribution is -2.08. The quantitative estimate of drug-likeness (QED) is 0.348. The second-order valence-electron chi connectivity index (χ2n) is 5.98. The minimum absolute atomic E-state index is 0.0224. The van der Waals surface area contributed by atoms with Crippen LogP contribution in [-0.4, -0.2) is 15.8 Å². The third-order valence-corrected chi connectivity index (χ3v) is 5.02. The highest BCUT2D eigenvalue weighted by Gasteiger charge is 2.17. The Morgan fingerprint density at radius 1 is 1.24 bits per heavy atom. The molecule has 0 aliphatic carbocycles. The number of nitro benzene ring substituents is 1. The number of carbonyl (C=O) groups excluding carboxylic acids is 1. The van der Waals surface area contributed by atoms with Crippen molar-refractivity contribution in [2.24, 2.45) is 0 Å². The summed E-state index contributed by atoms with van der Waals surface area (Å²) < 4.78 is 0. The Morgan fingerprint density at radius 2 is 1.93 bits per heavy atom. The number of anilines is 1. The highest BCUT2D eigenvalue weighted by atomic mass is 32.1. The number of nitriles is 1. The van der Waals surface area contributed by atoms with Gasteiger partial charge in [0.15, 0.2) is 0 Å². The number of carbonyl (C=O) groups is 1. The highest BCUT2D eigenvalue weighted by molar-refractivity contribution is 7.17. The van der Waals surface area contributed by atoms with Crippen LogP contribution in [0.15, 0.2) is 54.6 Å². The van der Waals surface area contributed by atoms with Gasteiger partial charge in [-0.15, -0.1) is 0 Å². The van der Waals surface area contributed by atoms with Crippen LogP contribution in [0.25, 0.3) is 22.9 Å². The summed E-state index contributed by atoms with van der Waals surface area (Å²) in [6, 6.07) is 17.4. The van der Waals surface area contributed by atoms with Crippen molar-refractivity contribution in [2.45, 2.75) is 13.3 Å². The number of benzene rings is 2. The maximum atomic E-state index is 11.9. The fraction of sp³-hybridized carbons (Fsp3) is 0.0952. The van der Waals surface area contributed by atoms with Gasteiger partial charge in [-0.3, -0.25) is 14.9 Å². The van der Waals surface area contributed by atoms with Crippen molar-refractivity contribution in [3.05, 3.63) is 75.3 Å². The van der Waals surface area contributed by atoms with E-state index in [1.165, 1.54) is 23.5 Å². The molecule has 0 saturated heterocycles. The molecule has 0 aliphatic rings. The molecule has 0 radical (unpaired) electrons. The average molecular weight is 404 g/mol. The molecule has 0 aliphatic heterocycles. The second kappa shape index (κ2) is 8.91. The molecule has 1 heterocycles. The lowest BCUT2D eigenvalue weighted by Gasteiger charge is -2.03. The largest absolute Gasteiger partial charge is 0.316 e. The molecule has 0 saturated carbocycles. The number of aromatic nitrogens is 1. The molecule has 144 valence electrons. The molecular formula is C21H16N4O3S. The van der Waals surface area contributed by atoms with E-state index in [0.717, 1.165) is 5.56 Å². The third-order valence-electron chi connectivity index (χ3n) is 4.01. The van der Waals surface area contributed by atoms with Crippen molar-refractivity contribution in [2.75, 3.05) is 5.32 Å². The summed E-state index contributed by atoms with van der Waals surface area (Å²) in [5.41, 5.74) is 2.35. The van der Waals surface area contributed by atoms with E-state index in [-0.39, 0.29) is 11.6 Å². The van der Waals surface area contributed by atoms with Crippen LogP contribution in [0.5, 0.6) is 0 Å². The summed E-state index contributed by atoms with van der Waals surface area (Å²) in [6.07, 6.45) is 1.94. The number of hydrogen-bond acceptors (Lipinski definition) is 6. The number of non-ortho nitro benzene ring substituents is 1. The molecule has 0 atom stereocenters. The molecule has 0 spiro atoms. The smallest absolute Gasteiger partial charge is 0.269 e. The first-order valence-corrected chi connectivity index (χ1v) is 9.56. The van der Waals surface area contributed by atoms with E-state index >= 15 is 0 Å². The van der Waals surface area contributed by atoms with Gasteiger partial charge in [0.1, 0.15) is 21.8 Å². The summed E-state index contributed by atoms with van der Waals surface area (Å²) in [5.74, 6) is -0.143. The lowest BCUT2D eigenvalue weighted by molar-refractivity contribution is -0.384. The van der Waals surface area contributed by atoms with Gasteiger partial charge in [0.25, 0.3) is 5.69 Å². The number of amides is 1. The molecule has 7 nitrogen and oxygen atoms in total. The van der Waals surface area contributed by atoms with Crippen LogP contribution >= 0.6 is 11.3 Å². The number of nitrogens with one attached hydrogen (secondary N) is 1. The van der Waals surface area contributed by atoms with Gasteiger partial charge in [-0.25, -0.2) is 4.98 Å². The Balaban J connectivity index is 2.02. The zero-order valence-electron chi connectivity index (χ0n) is 15.5. The zero-order valence-corrected chi connectivity index (χ0v) is 16.3. The molecule has 1 N–H and O–H groups in total. The Bertz CT molecular complexity index is 1110. The van der Waals surface area contributed by atoms with Gasteiger partial charge in [-0.2, -0.15) is 5.26 Å². The van der Waals surface area contributed by atoms with Gasteiger partial charge in [0.05, 0.1) is 10.5 Å². The van der Waals surface area contributed by atoms with Crippen molar-refractivity contribution < 1.29 is 9.72 Å². The number of nitro groups is 1. The van der Waals surface area contributed by atoms with Gasteiger partial charge in [-0.1, -0.05) is 48.6 Å². The summed E-state index contributed by atoms with van der Waals surface area (Å²) in [5, 5.41) is 24.3. The van der Waals surface area contributed by atoms with Crippen LogP contribution in [0, 0.1) is 21.4 Å². The Morgan fingerprint density at radius 3 is 2.52 bits per heavy atom. The van der Waals surface area contributed by atoms with Gasteiger partial charge >= 0.3 is 0 Å². The number of hydrogen-bond donors (Lipinski definition) is 1. The molecular weight excluding hydrogens is 388 g/mol. The van der Waals surface area contributed by atoms with Gasteiger partial charge in [0, 0.05) is 24.1 Å². The normalized spacial score (nSPS) is 11.0. The van der Waals surface area contributed by atoms with E-state index in [1.807, 2.05) is 30.3 Å². The van der Waals surface area contributed by atoms with Crippen molar-refractivity contribution in [3.8, 4) is 17.3 Å². The van der Waals surface area contributed by atoms with Crippen molar-refractivity contribution >= 4 is 39.6 Å². The first-order chi connectivity index (χ1) is 14.0.